The lowest BCUT2D eigenvalue weighted by Gasteiger charge is -1.99. The first-order valence-corrected chi connectivity index (χ1v) is 9.44. The summed E-state index contributed by atoms with van der Waals surface area (Å²) in [6.07, 6.45) is 1.07. The minimum atomic E-state index is -3.17. The molecule has 7 heteroatoms. The summed E-state index contributed by atoms with van der Waals surface area (Å²) >= 11 is 0. The summed E-state index contributed by atoms with van der Waals surface area (Å²) < 4.78 is 39.0. The molecule has 0 aliphatic carbocycles. The lowest BCUT2D eigenvalue weighted by molar-refractivity contribution is 0.0993. The molecule has 0 spiro atoms. The van der Waals surface area contributed by atoms with Crippen LogP contribution in [-0.4, -0.2) is 41.9 Å². The molecule has 1 heterocycles. The van der Waals surface area contributed by atoms with E-state index in [9.17, 15) is 17.4 Å². The average molecular weight is 314 g/mol. The smallest absolute Gasteiger partial charge is 0.210 e. The van der Waals surface area contributed by atoms with E-state index in [4.69, 9.17) is 4.42 Å². The maximum atomic E-state index is 11.9. The molecule has 0 fully saturated rings. The molecule has 1 aromatic carbocycles. The fourth-order valence-corrected chi connectivity index (χ4v) is 4.19. The van der Waals surface area contributed by atoms with Crippen LogP contribution in [0.15, 0.2) is 34.7 Å². The molecule has 1 unspecified atom stereocenters. The van der Waals surface area contributed by atoms with Crippen molar-refractivity contribution in [1.29, 1.82) is 0 Å². The Labute approximate surface area is 119 Å². The molecule has 5 nitrogen and oxygen atoms in total. The zero-order valence-electron chi connectivity index (χ0n) is 10.9. The molecule has 1 atom stereocenters. The van der Waals surface area contributed by atoms with Crippen molar-refractivity contribution in [2.45, 2.75) is 0 Å². The minimum Gasteiger partial charge on any atom is -0.453 e. The third-order valence-electron chi connectivity index (χ3n) is 2.67. The summed E-state index contributed by atoms with van der Waals surface area (Å²) in [7, 11) is -4.68. The highest BCUT2D eigenvalue weighted by Crippen LogP contribution is 2.19. The molecule has 2 aromatic rings. The predicted molar refractivity (Wildman–Crippen MR) is 78.1 cm³/mol. The van der Waals surface area contributed by atoms with Gasteiger partial charge < -0.3 is 4.42 Å². The second-order valence-corrected chi connectivity index (χ2v) is 8.33. The van der Waals surface area contributed by atoms with Gasteiger partial charge in [-0.2, -0.15) is 0 Å². The summed E-state index contributed by atoms with van der Waals surface area (Å²) in [5, 5.41) is 0.803. The second-order valence-electron chi connectivity index (χ2n) is 4.49. The topological polar surface area (TPSA) is 81.4 Å². The number of carbonyl (C=O) groups excluding carboxylic acids is 1. The second kappa shape index (κ2) is 5.88. The highest BCUT2D eigenvalue weighted by Gasteiger charge is 2.16. The number of Topliss-reactive ketones (excluding diaryl/α,β-unsaturated/α-hetero) is 1. The van der Waals surface area contributed by atoms with Gasteiger partial charge in [-0.3, -0.25) is 9.00 Å². The van der Waals surface area contributed by atoms with Crippen LogP contribution in [-0.2, 0) is 20.6 Å². The van der Waals surface area contributed by atoms with Gasteiger partial charge in [-0.15, -0.1) is 0 Å². The van der Waals surface area contributed by atoms with Gasteiger partial charge >= 0.3 is 0 Å². The Balaban J connectivity index is 2.03. The first-order valence-electron chi connectivity index (χ1n) is 5.89. The number of benzene rings is 1. The van der Waals surface area contributed by atoms with Crippen molar-refractivity contribution in [3.8, 4) is 0 Å². The molecule has 0 saturated carbocycles. The minimum absolute atomic E-state index is 0.0369. The van der Waals surface area contributed by atoms with Gasteiger partial charge in [0, 0.05) is 28.2 Å². The van der Waals surface area contributed by atoms with Crippen molar-refractivity contribution in [2.24, 2.45) is 0 Å². The molecule has 1 aromatic heterocycles. The predicted octanol–water partition coefficient (Wildman–Crippen LogP) is 1.41. The van der Waals surface area contributed by atoms with Crippen LogP contribution in [0.4, 0.5) is 0 Å². The van der Waals surface area contributed by atoms with Crippen LogP contribution >= 0.6 is 0 Å². The Morgan fingerprint density at radius 3 is 2.65 bits per heavy atom. The summed E-state index contributed by atoms with van der Waals surface area (Å²) in [6, 6.07) is 8.79. The Bertz CT molecular complexity index is 725. The van der Waals surface area contributed by atoms with Crippen molar-refractivity contribution in [3.05, 3.63) is 36.1 Å². The van der Waals surface area contributed by atoms with Gasteiger partial charge in [0.25, 0.3) is 0 Å². The first-order chi connectivity index (χ1) is 9.35. The van der Waals surface area contributed by atoms with Gasteiger partial charge in [0.2, 0.25) is 5.78 Å². The number of para-hydroxylation sites is 1. The van der Waals surface area contributed by atoms with Crippen molar-refractivity contribution < 1.29 is 21.8 Å². The van der Waals surface area contributed by atoms with E-state index in [1.54, 1.807) is 18.2 Å². The van der Waals surface area contributed by atoms with Crippen LogP contribution < -0.4 is 0 Å². The Hall–Kier alpha value is -1.47. The molecule has 2 rings (SSSR count). The summed E-state index contributed by atoms with van der Waals surface area (Å²) in [5.41, 5.74) is 0.595. The maximum absolute atomic E-state index is 11.9. The normalized spacial score (nSPS) is 13.4. The summed E-state index contributed by atoms with van der Waals surface area (Å²) in [5.74, 6) is -0.681. The molecule has 0 saturated heterocycles. The Kier molecular flexibility index (Phi) is 4.39. The largest absolute Gasteiger partial charge is 0.453 e. The molecule has 0 N–H and O–H groups in total. The van der Waals surface area contributed by atoms with E-state index in [1.165, 1.54) is 0 Å². The fourth-order valence-electron chi connectivity index (χ4n) is 1.65. The molecule has 20 heavy (non-hydrogen) atoms. The SMILES string of the molecule is CS(=O)(=O)CCS(=O)CC(=O)c1cc2ccccc2o1. The van der Waals surface area contributed by atoms with Gasteiger partial charge in [0.15, 0.2) is 5.76 Å². The third kappa shape index (κ3) is 4.01. The zero-order chi connectivity index (χ0) is 14.8. The molecule has 0 aliphatic heterocycles. The van der Waals surface area contributed by atoms with E-state index in [-0.39, 0.29) is 28.8 Å². The van der Waals surface area contributed by atoms with E-state index in [0.29, 0.717) is 5.58 Å². The van der Waals surface area contributed by atoms with Crippen LogP contribution in [0.3, 0.4) is 0 Å². The van der Waals surface area contributed by atoms with Crippen LogP contribution in [0.5, 0.6) is 0 Å². The molecule has 0 aliphatic rings. The van der Waals surface area contributed by atoms with Crippen molar-refractivity contribution in [1.82, 2.24) is 0 Å². The van der Waals surface area contributed by atoms with Crippen molar-refractivity contribution in [3.63, 3.8) is 0 Å². The van der Waals surface area contributed by atoms with Gasteiger partial charge in [0.05, 0.1) is 11.5 Å². The molecular formula is C13H14O5S2. The quantitative estimate of drug-likeness (QED) is 0.753. The summed E-state index contributed by atoms with van der Waals surface area (Å²) in [6.45, 7) is 0. The molecule has 0 radical (unpaired) electrons. The molecular weight excluding hydrogens is 300 g/mol. The van der Waals surface area contributed by atoms with Crippen LogP contribution in [0, 0.1) is 0 Å². The number of hydrogen-bond acceptors (Lipinski definition) is 5. The number of carbonyl (C=O) groups is 1. The number of furan rings is 1. The van der Waals surface area contributed by atoms with E-state index in [2.05, 4.69) is 0 Å². The lowest BCUT2D eigenvalue weighted by atomic mass is 10.2. The van der Waals surface area contributed by atoms with Crippen LogP contribution in [0.1, 0.15) is 10.6 Å². The molecule has 0 amide bonds. The van der Waals surface area contributed by atoms with E-state index in [1.807, 2.05) is 12.1 Å². The van der Waals surface area contributed by atoms with Crippen LogP contribution in [0.25, 0.3) is 11.0 Å². The molecule has 108 valence electrons. The van der Waals surface area contributed by atoms with Gasteiger partial charge in [-0.1, -0.05) is 18.2 Å². The number of sulfone groups is 1. The Morgan fingerprint density at radius 2 is 2.00 bits per heavy atom. The monoisotopic (exact) mass is 314 g/mol. The standard InChI is InChI=1S/C13H14O5S2/c1-20(16,17)7-6-19(15)9-11(14)13-8-10-4-2-3-5-12(10)18-13/h2-5,8H,6-7,9H2,1H3. The average Bonchev–Trinajstić information content (AvgIpc) is 2.79. The maximum Gasteiger partial charge on any atom is 0.210 e. The number of hydrogen-bond donors (Lipinski definition) is 0. The zero-order valence-corrected chi connectivity index (χ0v) is 12.5. The van der Waals surface area contributed by atoms with E-state index < -0.39 is 20.6 Å². The fraction of sp³-hybridized carbons (Fsp3) is 0.308. The van der Waals surface area contributed by atoms with E-state index >= 15 is 0 Å². The molecule has 0 bridgehead atoms. The van der Waals surface area contributed by atoms with Crippen LogP contribution in [0.2, 0.25) is 0 Å². The first kappa shape index (κ1) is 14.9. The van der Waals surface area contributed by atoms with E-state index in [0.717, 1.165) is 11.6 Å². The number of fused-ring (bicyclic) bond motifs is 1. The van der Waals surface area contributed by atoms with Gasteiger partial charge in [0.1, 0.15) is 15.4 Å². The number of rotatable bonds is 6. The third-order valence-corrected chi connectivity index (χ3v) is 5.12. The summed E-state index contributed by atoms with van der Waals surface area (Å²) in [4.78, 5) is 11.9. The van der Waals surface area contributed by atoms with Crippen molar-refractivity contribution in [2.75, 3.05) is 23.5 Å². The lowest BCUT2D eigenvalue weighted by Crippen LogP contribution is -2.18. The number of ketones is 1. The van der Waals surface area contributed by atoms with Gasteiger partial charge in [-0.05, 0) is 12.1 Å². The highest BCUT2D eigenvalue weighted by molar-refractivity contribution is 7.92. The van der Waals surface area contributed by atoms with Crippen molar-refractivity contribution >= 4 is 37.4 Å². The highest BCUT2D eigenvalue weighted by atomic mass is 32.2. The van der Waals surface area contributed by atoms with Gasteiger partial charge in [-0.25, -0.2) is 8.42 Å². The Morgan fingerprint density at radius 1 is 1.30 bits per heavy atom.